The van der Waals surface area contributed by atoms with Gasteiger partial charge in [-0.3, -0.25) is 9.78 Å². The van der Waals surface area contributed by atoms with E-state index in [9.17, 15) is 27.6 Å². The van der Waals surface area contributed by atoms with Crippen molar-refractivity contribution in [2.45, 2.75) is 38.4 Å². The number of alkyl halides is 3. The highest BCUT2D eigenvalue weighted by Gasteiger charge is 2.42. The van der Waals surface area contributed by atoms with Gasteiger partial charge in [-0.15, -0.1) is 0 Å². The molecule has 5 nitrogen and oxygen atoms in total. The summed E-state index contributed by atoms with van der Waals surface area (Å²) in [4.78, 5) is 17.7. The highest BCUT2D eigenvalue weighted by atomic mass is 19.4. The van der Waals surface area contributed by atoms with E-state index in [1.807, 2.05) is 0 Å². The first kappa shape index (κ1) is 21.6. The van der Waals surface area contributed by atoms with Gasteiger partial charge in [-0.2, -0.15) is 18.4 Å². The van der Waals surface area contributed by atoms with Crippen LogP contribution >= 0.6 is 0 Å². The quantitative estimate of drug-likeness (QED) is 0.768. The molecule has 2 aromatic rings. The normalized spacial score (nSPS) is 19.3. The largest absolute Gasteiger partial charge is 0.471 e. The van der Waals surface area contributed by atoms with Crippen molar-refractivity contribution in [2.75, 3.05) is 18.0 Å². The Morgan fingerprint density at radius 2 is 1.93 bits per heavy atom. The number of nitriles is 1. The lowest BCUT2D eigenvalue weighted by atomic mass is 9.84. The predicted octanol–water partition coefficient (Wildman–Crippen LogP) is 3.75. The molecule has 1 aromatic carbocycles. The number of hydrogen-bond donors (Lipinski definition) is 1. The van der Waals surface area contributed by atoms with Gasteiger partial charge in [0.15, 0.2) is 0 Å². The third kappa shape index (κ3) is 4.53. The van der Waals surface area contributed by atoms with Gasteiger partial charge in [0.05, 0.1) is 23.0 Å². The lowest BCUT2D eigenvalue weighted by molar-refractivity contribution is -0.174. The van der Waals surface area contributed by atoms with Gasteiger partial charge >= 0.3 is 12.1 Å². The molecule has 1 N–H and O–H groups in total. The predicted molar refractivity (Wildman–Crippen MR) is 102 cm³/mol. The van der Waals surface area contributed by atoms with Gasteiger partial charge in [0, 0.05) is 24.7 Å². The Balaban J connectivity index is 1.95. The molecule has 3 rings (SSSR count). The van der Waals surface area contributed by atoms with E-state index in [0.29, 0.717) is 41.2 Å². The van der Waals surface area contributed by atoms with E-state index >= 15 is 0 Å². The Morgan fingerprint density at radius 3 is 2.53 bits per heavy atom. The molecule has 2 heterocycles. The van der Waals surface area contributed by atoms with Crippen molar-refractivity contribution in [1.82, 2.24) is 10.3 Å². The number of rotatable bonds is 3. The molecule has 9 heteroatoms. The van der Waals surface area contributed by atoms with Crippen LogP contribution in [0.15, 0.2) is 30.3 Å². The number of aryl methyl sites for hydroxylation is 2. The van der Waals surface area contributed by atoms with Crippen LogP contribution in [-0.4, -0.2) is 36.2 Å². The highest BCUT2D eigenvalue weighted by molar-refractivity contribution is 5.82. The minimum atomic E-state index is -5.02. The maximum atomic E-state index is 13.3. The van der Waals surface area contributed by atoms with Crippen molar-refractivity contribution in [1.29, 1.82) is 5.26 Å². The summed E-state index contributed by atoms with van der Waals surface area (Å²) in [5.41, 5.74) is 2.78. The average Bonchev–Trinajstić information content (AvgIpc) is 2.67. The summed E-state index contributed by atoms with van der Waals surface area (Å²) in [5.74, 6) is -2.90. The molecule has 1 aliphatic rings. The second-order valence-electron chi connectivity index (χ2n) is 7.33. The second-order valence-corrected chi connectivity index (χ2v) is 7.33. The smallest absolute Gasteiger partial charge is 0.368 e. The number of anilines is 1. The summed E-state index contributed by atoms with van der Waals surface area (Å²) in [6.07, 6.45) is -4.60. The Hall–Kier alpha value is -3.15. The van der Waals surface area contributed by atoms with Gasteiger partial charge in [0.25, 0.3) is 0 Å². The number of carbonyl (C=O) groups is 1. The van der Waals surface area contributed by atoms with Gasteiger partial charge in [0.2, 0.25) is 0 Å². The second kappa shape index (κ2) is 8.30. The van der Waals surface area contributed by atoms with Gasteiger partial charge < -0.3 is 10.2 Å². The fourth-order valence-corrected chi connectivity index (χ4v) is 3.87. The van der Waals surface area contributed by atoms with E-state index < -0.39 is 29.9 Å². The summed E-state index contributed by atoms with van der Waals surface area (Å²) < 4.78 is 52.0. The molecular formula is C21H20F4N4O. The highest BCUT2D eigenvalue weighted by Crippen LogP contribution is 2.33. The number of amides is 1. The number of benzene rings is 1. The summed E-state index contributed by atoms with van der Waals surface area (Å²) in [7, 11) is 0. The van der Waals surface area contributed by atoms with E-state index in [1.165, 1.54) is 24.3 Å². The van der Waals surface area contributed by atoms with Crippen LogP contribution in [0.5, 0.6) is 0 Å². The molecule has 30 heavy (non-hydrogen) atoms. The summed E-state index contributed by atoms with van der Waals surface area (Å²) in [6, 6.07) is 8.47. The Labute approximate surface area is 171 Å². The van der Waals surface area contributed by atoms with Crippen LogP contribution in [0.1, 0.15) is 34.9 Å². The summed E-state index contributed by atoms with van der Waals surface area (Å²) >= 11 is 0. The first-order valence-electron chi connectivity index (χ1n) is 9.36. The molecule has 2 unspecified atom stereocenters. The lowest BCUT2D eigenvalue weighted by Gasteiger charge is -2.41. The molecule has 0 bridgehead atoms. The number of aromatic nitrogens is 1. The van der Waals surface area contributed by atoms with Crippen molar-refractivity contribution in [3.8, 4) is 6.07 Å². The van der Waals surface area contributed by atoms with Gasteiger partial charge in [0.1, 0.15) is 11.9 Å². The van der Waals surface area contributed by atoms with Crippen LogP contribution in [-0.2, 0) is 4.79 Å². The first-order chi connectivity index (χ1) is 14.1. The summed E-state index contributed by atoms with van der Waals surface area (Å²) in [6.45, 7) is 3.99. The summed E-state index contributed by atoms with van der Waals surface area (Å²) in [5, 5.41) is 11.6. The van der Waals surface area contributed by atoms with Gasteiger partial charge in [-0.25, -0.2) is 4.39 Å². The topological polar surface area (TPSA) is 69.0 Å². The maximum absolute atomic E-state index is 13.3. The molecule has 1 aromatic heterocycles. The fraction of sp³-hybridized carbons (Fsp3) is 0.381. The molecule has 1 amide bonds. The number of piperidine rings is 1. The standard InChI is InChI=1S/C21H20F4N4O/c1-12-9-19(17(10-26)13(2)27-12)29-8-7-16(14-3-5-15(22)6-4-14)18(11-29)28-20(30)21(23,24)25/h3-6,9,16,18H,7-8,11H2,1-2H3,(H,28,30). The zero-order valence-corrected chi connectivity index (χ0v) is 16.4. The van der Waals surface area contributed by atoms with Crippen molar-refractivity contribution >= 4 is 11.6 Å². The Bertz CT molecular complexity index is 982. The van der Waals surface area contributed by atoms with Crippen LogP contribution in [0.25, 0.3) is 0 Å². The molecular weight excluding hydrogens is 400 g/mol. The molecule has 0 aliphatic carbocycles. The molecule has 1 fully saturated rings. The fourth-order valence-electron chi connectivity index (χ4n) is 3.87. The third-order valence-corrected chi connectivity index (χ3v) is 5.25. The van der Waals surface area contributed by atoms with E-state index in [1.54, 1.807) is 24.8 Å². The monoisotopic (exact) mass is 420 g/mol. The van der Waals surface area contributed by atoms with Gasteiger partial charge in [-0.1, -0.05) is 12.1 Å². The zero-order chi connectivity index (χ0) is 22.1. The van der Waals surface area contributed by atoms with E-state index in [4.69, 9.17) is 0 Å². The van der Waals surface area contributed by atoms with Crippen molar-refractivity contribution in [3.05, 3.63) is 58.7 Å². The molecule has 1 aliphatic heterocycles. The van der Waals surface area contributed by atoms with Crippen LogP contribution < -0.4 is 10.2 Å². The van der Waals surface area contributed by atoms with Crippen molar-refractivity contribution in [3.63, 3.8) is 0 Å². The number of carbonyl (C=O) groups excluding carboxylic acids is 1. The molecule has 1 saturated heterocycles. The average molecular weight is 420 g/mol. The molecule has 158 valence electrons. The van der Waals surface area contributed by atoms with Crippen LogP contribution in [0.3, 0.4) is 0 Å². The number of hydrogen-bond acceptors (Lipinski definition) is 4. The Kier molecular flexibility index (Phi) is 5.97. The SMILES string of the molecule is Cc1cc(N2CCC(c3ccc(F)cc3)C(NC(=O)C(F)(F)F)C2)c(C#N)c(C)n1. The molecule has 0 spiro atoms. The first-order valence-corrected chi connectivity index (χ1v) is 9.36. The lowest BCUT2D eigenvalue weighted by Crippen LogP contribution is -2.54. The third-order valence-electron chi connectivity index (χ3n) is 5.25. The van der Waals surface area contributed by atoms with E-state index in [-0.39, 0.29) is 6.54 Å². The van der Waals surface area contributed by atoms with Gasteiger partial charge in [-0.05, 0) is 44.0 Å². The van der Waals surface area contributed by atoms with Crippen LogP contribution in [0.4, 0.5) is 23.2 Å². The number of pyridine rings is 1. The maximum Gasteiger partial charge on any atom is 0.471 e. The Morgan fingerprint density at radius 1 is 1.27 bits per heavy atom. The molecule has 0 saturated carbocycles. The zero-order valence-electron chi connectivity index (χ0n) is 16.4. The number of halogens is 4. The number of nitrogens with zero attached hydrogens (tertiary/aromatic N) is 3. The minimum absolute atomic E-state index is 0.0709. The molecule has 2 atom stereocenters. The van der Waals surface area contributed by atoms with E-state index in [0.717, 1.165) is 0 Å². The van der Waals surface area contributed by atoms with Crippen LogP contribution in [0, 0.1) is 31.0 Å². The molecule has 0 radical (unpaired) electrons. The van der Waals surface area contributed by atoms with Crippen LogP contribution in [0.2, 0.25) is 0 Å². The van der Waals surface area contributed by atoms with Crippen molar-refractivity contribution in [2.24, 2.45) is 0 Å². The minimum Gasteiger partial charge on any atom is -0.368 e. The van der Waals surface area contributed by atoms with E-state index in [2.05, 4.69) is 16.4 Å². The van der Waals surface area contributed by atoms with Crippen molar-refractivity contribution < 1.29 is 22.4 Å². The number of nitrogens with one attached hydrogen (secondary N) is 1.